The van der Waals surface area contributed by atoms with Gasteiger partial charge in [0.15, 0.2) is 19.2 Å². The van der Waals surface area contributed by atoms with Gasteiger partial charge in [0.1, 0.15) is 6.10 Å². The molecule has 2 heterocycles. The summed E-state index contributed by atoms with van der Waals surface area (Å²) in [5.41, 5.74) is 1.67. The molecule has 15 heteroatoms. The van der Waals surface area contributed by atoms with E-state index < -0.39 is 20.3 Å². The Bertz CT molecular complexity index is 1710. The standard InChI is InChI=1S/C36H46Cl4N4O5SSi/c1-21(49-51(5,6)36(2,3)4)23-15-29(38)32(30(39)16-23)48-26-12-13-43(20-26)34-41-18-27(50-34)14-24(17-42-35(46)47)33(45)44(25-10-11-25)19-22-8-7-9-28(37)31(22)40/h7-9,15-16,18,21,24-26,42H,10-14,17,19-20H2,1-6H3,(H,46,47)/t21-,24-,26+/m0/s1. The van der Waals surface area contributed by atoms with Crippen LogP contribution in [-0.2, 0) is 22.2 Å². The van der Waals surface area contributed by atoms with Crippen molar-refractivity contribution in [1.82, 2.24) is 15.2 Å². The van der Waals surface area contributed by atoms with Crippen LogP contribution in [0.5, 0.6) is 5.75 Å². The van der Waals surface area contributed by atoms with Crippen LogP contribution in [0, 0.1) is 5.92 Å². The van der Waals surface area contributed by atoms with Gasteiger partial charge in [-0.25, -0.2) is 9.78 Å². The normalized spacial score (nSPS) is 17.7. The van der Waals surface area contributed by atoms with Crippen LogP contribution in [0.15, 0.2) is 36.5 Å². The van der Waals surface area contributed by atoms with E-state index in [2.05, 4.69) is 49.1 Å². The summed E-state index contributed by atoms with van der Waals surface area (Å²) in [6.07, 6.45) is 3.13. The highest BCUT2D eigenvalue weighted by Crippen LogP contribution is 2.43. The molecule has 3 aromatic rings. The number of aromatic nitrogens is 1. The average molecular weight is 817 g/mol. The number of thiazole rings is 1. The van der Waals surface area contributed by atoms with Crippen molar-refractivity contribution in [3.8, 4) is 5.75 Å². The van der Waals surface area contributed by atoms with Crippen LogP contribution in [-0.4, -0.2) is 67.1 Å². The number of carbonyl (C=O) groups is 2. The van der Waals surface area contributed by atoms with Gasteiger partial charge in [0.2, 0.25) is 5.91 Å². The number of rotatable bonds is 14. The second-order valence-electron chi connectivity index (χ2n) is 14.9. The van der Waals surface area contributed by atoms with Crippen LogP contribution < -0.4 is 15.0 Å². The number of hydrogen-bond donors (Lipinski definition) is 2. The quantitative estimate of drug-likeness (QED) is 0.156. The van der Waals surface area contributed by atoms with Gasteiger partial charge in [0, 0.05) is 43.2 Å². The zero-order chi connectivity index (χ0) is 37.2. The van der Waals surface area contributed by atoms with Gasteiger partial charge in [-0.1, -0.05) is 79.3 Å². The smallest absolute Gasteiger partial charge is 0.404 e. The van der Waals surface area contributed by atoms with Crippen molar-refractivity contribution in [1.29, 1.82) is 0 Å². The van der Waals surface area contributed by atoms with Crippen molar-refractivity contribution in [3.63, 3.8) is 0 Å². The Kier molecular flexibility index (Phi) is 12.8. The summed E-state index contributed by atoms with van der Waals surface area (Å²) in [7, 11) is -2.00. The maximum absolute atomic E-state index is 14.0. The Labute approximate surface area is 325 Å². The van der Waals surface area contributed by atoms with Crippen LogP contribution in [0.1, 0.15) is 69.1 Å². The van der Waals surface area contributed by atoms with E-state index in [-0.39, 0.29) is 35.7 Å². The first-order chi connectivity index (χ1) is 23.9. The molecule has 5 rings (SSSR count). The highest BCUT2D eigenvalue weighted by atomic mass is 35.5. The Morgan fingerprint density at radius 1 is 1.12 bits per heavy atom. The first kappa shape index (κ1) is 39.9. The summed E-state index contributed by atoms with van der Waals surface area (Å²) in [6.45, 7) is 14.7. The van der Waals surface area contributed by atoms with E-state index in [0.717, 1.165) is 46.9 Å². The summed E-state index contributed by atoms with van der Waals surface area (Å²) < 4.78 is 12.9. The molecular formula is C36H46Cl4N4O5SSi. The van der Waals surface area contributed by atoms with Gasteiger partial charge in [-0.3, -0.25) is 4.79 Å². The van der Waals surface area contributed by atoms with Gasteiger partial charge < -0.3 is 29.4 Å². The third-order valence-corrected chi connectivity index (χ3v) is 17.0. The van der Waals surface area contributed by atoms with E-state index in [0.29, 0.717) is 45.4 Å². The van der Waals surface area contributed by atoms with Crippen LogP contribution in [0.3, 0.4) is 0 Å². The zero-order valence-electron chi connectivity index (χ0n) is 29.8. The summed E-state index contributed by atoms with van der Waals surface area (Å²) in [6, 6.07) is 9.21. The first-order valence-electron chi connectivity index (χ1n) is 17.2. The molecule has 1 saturated carbocycles. The zero-order valence-corrected chi connectivity index (χ0v) is 34.6. The van der Waals surface area contributed by atoms with Crippen molar-refractivity contribution in [2.24, 2.45) is 5.92 Å². The second kappa shape index (κ2) is 16.4. The fourth-order valence-corrected chi connectivity index (χ4v) is 9.25. The van der Waals surface area contributed by atoms with Crippen LogP contribution >= 0.6 is 57.7 Å². The number of nitrogens with zero attached hydrogens (tertiary/aromatic N) is 3. The summed E-state index contributed by atoms with van der Waals surface area (Å²) >= 11 is 27.7. The molecule has 2 aromatic carbocycles. The molecule has 0 unspecified atom stereocenters. The molecule has 0 bridgehead atoms. The number of halogens is 4. The number of carbonyl (C=O) groups excluding carboxylic acids is 1. The molecule has 1 aliphatic carbocycles. The Hall–Kier alpha value is -2.25. The molecule has 278 valence electrons. The fraction of sp³-hybridized carbons (Fsp3) is 0.528. The predicted octanol–water partition coefficient (Wildman–Crippen LogP) is 10.1. The lowest BCUT2D eigenvalue weighted by Crippen LogP contribution is -2.43. The number of ether oxygens (including phenoxy) is 1. The van der Waals surface area contributed by atoms with Gasteiger partial charge in [-0.15, -0.1) is 11.3 Å². The number of hydrogen-bond acceptors (Lipinski definition) is 7. The molecule has 0 radical (unpaired) electrons. The lowest BCUT2D eigenvalue weighted by molar-refractivity contribution is -0.136. The Balaban J connectivity index is 1.23. The fourth-order valence-electron chi connectivity index (χ4n) is 5.88. The second-order valence-corrected chi connectivity index (χ2v) is 22.4. The monoisotopic (exact) mass is 814 g/mol. The molecule has 51 heavy (non-hydrogen) atoms. The topological polar surface area (TPSA) is 104 Å². The Morgan fingerprint density at radius 3 is 2.43 bits per heavy atom. The van der Waals surface area contributed by atoms with Crippen LogP contribution in [0.4, 0.5) is 9.93 Å². The molecule has 9 nitrogen and oxygen atoms in total. The van der Waals surface area contributed by atoms with Crippen LogP contribution in [0.2, 0.25) is 38.2 Å². The molecule has 1 saturated heterocycles. The maximum Gasteiger partial charge on any atom is 0.404 e. The van der Waals surface area contributed by atoms with E-state index in [1.165, 1.54) is 11.3 Å². The van der Waals surface area contributed by atoms with E-state index in [1.807, 2.05) is 31.2 Å². The summed E-state index contributed by atoms with van der Waals surface area (Å²) in [5, 5.41) is 14.4. The third kappa shape index (κ3) is 10.0. The van der Waals surface area contributed by atoms with Crippen molar-refractivity contribution in [2.45, 2.75) is 96.3 Å². The predicted molar refractivity (Wildman–Crippen MR) is 210 cm³/mol. The van der Waals surface area contributed by atoms with Gasteiger partial charge in [-0.2, -0.15) is 0 Å². The van der Waals surface area contributed by atoms with E-state index in [9.17, 15) is 14.7 Å². The molecule has 3 atom stereocenters. The molecule has 2 aliphatic rings. The lowest BCUT2D eigenvalue weighted by Gasteiger charge is -2.38. The number of carboxylic acid groups (broad SMARTS) is 1. The van der Waals surface area contributed by atoms with Gasteiger partial charge in [0.05, 0.1) is 38.7 Å². The minimum atomic E-state index is -2.00. The molecule has 2 N–H and O–H groups in total. The Morgan fingerprint density at radius 2 is 1.80 bits per heavy atom. The molecule has 1 aromatic heterocycles. The molecule has 2 amide bonds. The first-order valence-corrected chi connectivity index (χ1v) is 22.4. The highest BCUT2D eigenvalue weighted by molar-refractivity contribution is 7.15. The maximum atomic E-state index is 14.0. The summed E-state index contributed by atoms with van der Waals surface area (Å²) in [4.78, 5) is 35.0. The minimum absolute atomic E-state index is 0.0188. The van der Waals surface area contributed by atoms with Gasteiger partial charge in [-0.05, 0) is 73.6 Å². The van der Waals surface area contributed by atoms with E-state index in [4.69, 9.17) is 55.6 Å². The minimum Gasteiger partial charge on any atom is -0.485 e. The lowest BCUT2D eigenvalue weighted by atomic mass is 10.0. The van der Waals surface area contributed by atoms with Crippen molar-refractivity contribution in [2.75, 3.05) is 24.5 Å². The van der Waals surface area contributed by atoms with Gasteiger partial charge >= 0.3 is 6.09 Å². The van der Waals surface area contributed by atoms with Crippen LogP contribution in [0.25, 0.3) is 0 Å². The average Bonchev–Trinajstić information content (AvgIpc) is 3.59. The molecular weight excluding hydrogens is 770 g/mol. The number of nitrogens with one attached hydrogen (secondary N) is 1. The molecule has 0 spiro atoms. The molecule has 2 fully saturated rings. The van der Waals surface area contributed by atoms with E-state index >= 15 is 0 Å². The molecule has 1 aliphatic heterocycles. The SMILES string of the molecule is C[C@H](O[Si](C)(C)C(C)(C)C)c1cc(Cl)c(O[C@@H]2CCN(c3ncc(C[C@@H](CNC(=O)O)C(=O)N(Cc4cccc(Cl)c4Cl)C4CC4)s3)C2)c(Cl)c1. The number of anilines is 1. The largest absolute Gasteiger partial charge is 0.485 e. The van der Waals surface area contributed by atoms with Gasteiger partial charge in [0.25, 0.3) is 0 Å². The van der Waals surface area contributed by atoms with Crippen molar-refractivity contribution in [3.05, 3.63) is 72.6 Å². The highest BCUT2D eigenvalue weighted by Gasteiger charge is 2.39. The summed E-state index contributed by atoms with van der Waals surface area (Å²) in [5.74, 6) is -0.294. The number of amides is 2. The van der Waals surface area contributed by atoms with E-state index in [1.54, 1.807) is 17.2 Å². The number of benzene rings is 2. The van der Waals surface area contributed by atoms with Crippen molar-refractivity contribution >= 4 is 83.2 Å². The van der Waals surface area contributed by atoms with Crippen molar-refractivity contribution < 1.29 is 23.9 Å². The third-order valence-electron chi connectivity index (χ3n) is 9.95.